The van der Waals surface area contributed by atoms with Gasteiger partial charge in [-0.15, -0.1) is 0 Å². The highest BCUT2D eigenvalue weighted by atomic mass is 15.1. The van der Waals surface area contributed by atoms with Crippen LogP contribution in [0.3, 0.4) is 0 Å². The standard InChI is InChI=1S/C4H12N2.C2H7N/c1-6(2)4-3-5;1-2-3/h3-5H2,1-2H3;2-3H2,1H3. The van der Waals surface area contributed by atoms with Crippen LogP contribution in [0.1, 0.15) is 6.92 Å². The van der Waals surface area contributed by atoms with Crippen molar-refractivity contribution in [3.8, 4) is 0 Å². The van der Waals surface area contributed by atoms with E-state index in [2.05, 4.69) is 4.90 Å². The van der Waals surface area contributed by atoms with Gasteiger partial charge in [-0.2, -0.15) is 0 Å². The Morgan fingerprint density at radius 3 is 1.56 bits per heavy atom. The Morgan fingerprint density at radius 1 is 1.22 bits per heavy atom. The molecule has 0 atom stereocenters. The molecule has 0 unspecified atom stereocenters. The Balaban J connectivity index is 0. The molecular weight excluding hydrogens is 114 g/mol. The zero-order valence-electron chi connectivity index (χ0n) is 6.72. The van der Waals surface area contributed by atoms with Gasteiger partial charge in [-0.1, -0.05) is 6.92 Å². The lowest BCUT2D eigenvalue weighted by atomic mass is 10.6. The van der Waals surface area contributed by atoms with E-state index >= 15 is 0 Å². The van der Waals surface area contributed by atoms with Gasteiger partial charge in [0, 0.05) is 13.1 Å². The number of nitrogens with two attached hydrogens (primary N) is 2. The first-order valence-electron chi connectivity index (χ1n) is 3.23. The van der Waals surface area contributed by atoms with Crippen molar-refractivity contribution >= 4 is 0 Å². The summed E-state index contributed by atoms with van der Waals surface area (Å²) in [5, 5.41) is 0. The average molecular weight is 133 g/mol. The first kappa shape index (κ1) is 11.6. The molecule has 0 aromatic rings. The van der Waals surface area contributed by atoms with E-state index in [1.165, 1.54) is 0 Å². The second-order valence-electron chi connectivity index (χ2n) is 2.00. The first-order chi connectivity index (χ1) is 4.18. The van der Waals surface area contributed by atoms with Crippen molar-refractivity contribution in [2.24, 2.45) is 11.5 Å². The van der Waals surface area contributed by atoms with Crippen molar-refractivity contribution in [3.05, 3.63) is 0 Å². The molecule has 0 saturated carbocycles. The van der Waals surface area contributed by atoms with Crippen LogP contribution in [-0.2, 0) is 0 Å². The Morgan fingerprint density at radius 2 is 1.56 bits per heavy atom. The Hall–Kier alpha value is -0.120. The second-order valence-corrected chi connectivity index (χ2v) is 2.00. The lowest BCUT2D eigenvalue weighted by molar-refractivity contribution is 0.420. The second kappa shape index (κ2) is 10.8. The van der Waals surface area contributed by atoms with Gasteiger partial charge in [0.25, 0.3) is 0 Å². The maximum Gasteiger partial charge on any atom is 0.00985 e. The van der Waals surface area contributed by atoms with Crippen LogP contribution in [0.25, 0.3) is 0 Å². The maximum absolute atomic E-state index is 5.19. The lowest BCUT2D eigenvalue weighted by Gasteiger charge is -2.03. The number of nitrogens with zero attached hydrogens (tertiary/aromatic N) is 1. The van der Waals surface area contributed by atoms with Gasteiger partial charge in [0.05, 0.1) is 0 Å². The third-order valence-electron chi connectivity index (χ3n) is 0.576. The SMILES string of the molecule is CCN.CN(C)CCN. The third kappa shape index (κ3) is 32.8. The molecule has 0 aliphatic rings. The fourth-order valence-electron chi connectivity index (χ4n) is 0.258. The number of rotatable bonds is 2. The Kier molecular flexibility index (Phi) is 14.0. The van der Waals surface area contributed by atoms with Crippen LogP contribution >= 0.6 is 0 Å². The molecule has 0 aromatic carbocycles. The average Bonchev–Trinajstić information content (AvgIpc) is 1.67. The van der Waals surface area contributed by atoms with E-state index in [-0.39, 0.29) is 0 Å². The summed E-state index contributed by atoms with van der Waals surface area (Å²) in [5.74, 6) is 0. The molecule has 3 heteroatoms. The van der Waals surface area contributed by atoms with E-state index in [9.17, 15) is 0 Å². The van der Waals surface area contributed by atoms with Gasteiger partial charge in [-0.3, -0.25) is 0 Å². The summed E-state index contributed by atoms with van der Waals surface area (Å²) in [6.07, 6.45) is 0. The van der Waals surface area contributed by atoms with E-state index in [0.717, 1.165) is 19.6 Å². The van der Waals surface area contributed by atoms with Crippen LogP contribution in [0.2, 0.25) is 0 Å². The molecule has 0 amide bonds. The first-order valence-corrected chi connectivity index (χ1v) is 3.23. The summed E-state index contributed by atoms with van der Waals surface area (Å²) >= 11 is 0. The Bertz CT molecular complexity index is 37.3. The number of hydrogen-bond acceptors (Lipinski definition) is 3. The summed E-state index contributed by atoms with van der Waals surface area (Å²) in [6, 6.07) is 0. The van der Waals surface area contributed by atoms with Crippen LogP contribution in [0, 0.1) is 0 Å². The molecule has 0 bridgehead atoms. The van der Waals surface area contributed by atoms with Crippen LogP contribution in [0.5, 0.6) is 0 Å². The summed E-state index contributed by atoms with van der Waals surface area (Å²) in [5.41, 5.74) is 10.0. The fraction of sp³-hybridized carbons (Fsp3) is 1.00. The van der Waals surface area contributed by atoms with Crippen molar-refractivity contribution in [2.75, 3.05) is 33.7 Å². The largest absolute Gasteiger partial charge is 0.331 e. The molecule has 0 radical (unpaired) electrons. The van der Waals surface area contributed by atoms with E-state index in [1.807, 2.05) is 21.0 Å². The van der Waals surface area contributed by atoms with Gasteiger partial charge in [0.2, 0.25) is 0 Å². The van der Waals surface area contributed by atoms with E-state index in [1.54, 1.807) is 0 Å². The molecule has 0 saturated heterocycles. The summed E-state index contributed by atoms with van der Waals surface area (Å²) in [6.45, 7) is 4.40. The summed E-state index contributed by atoms with van der Waals surface area (Å²) in [4.78, 5) is 2.06. The molecule has 0 rings (SSSR count). The molecule has 0 aromatic heterocycles. The zero-order valence-corrected chi connectivity index (χ0v) is 6.72. The molecule has 0 aliphatic heterocycles. The maximum atomic E-state index is 5.19. The predicted molar refractivity (Wildman–Crippen MR) is 42.3 cm³/mol. The van der Waals surface area contributed by atoms with Crippen LogP contribution in [0.4, 0.5) is 0 Å². The minimum absolute atomic E-state index is 0.750. The molecule has 0 heterocycles. The Labute approximate surface area is 58.0 Å². The highest BCUT2D eigenvalue weighted by Crippen LogP contribution is 1.64. The lowest BCUT2D eigenvalue weighted by Crippen LogP contribution is -2.20. The highest BCUT2D eigenvalue weighted by molar-refractivity contribution is 4.38. The van der Waals surface area contributed by atoms with Crippen molar-refractivity contribution < 1.29 is 0 Å². The predicted octanol–water partition coefficient (Wildman–Crippen LogP) is -0.528. The van der Waals surface area contributed by atoms with Crippen molar-refractivity contribution in [2.45, 2.75) is 6.92 Å². The van der Waals surface area contributed by atoms with E-state index in [0.29, 0.717) is 0 Å². The van der Waals surface area contributed by atoms with Gasteiger partial charge in [0.15, 0.2) is 0 Å². The van der Waals surface area contributed by atoms with Crippen LogP contribution in [-0.4, -0.2) is 38.6 Å². The molecule has 0 aliphatic carbocycles. The van der Waals surface area contributed by atoms with Crippen molar-refractivity contribution in [1.82, 2.24) is 4.90 Å². The molecule has 58 valence electrons. The molecule has 0 spiro atoms. The van der Waals surface area contributed by atoms with Gasteiger partial charge in [-0.25, -0.2) is 0 Å². The monoisotopic (exact) mass is 133 g/mol. The third-order valence-corrected chi connectivity index (χ3v) is 0.576. The highest BCUT2D eigenvalue weighted by Gasteiger charge is 1.79. The molecule has 3 nitrogen and oxygen atoms in total. The number of hydrogen-bond donors (Lipinski definition) is 2. The summed E-state index contributed by atoms with van der Waals surface area (Å²) in [7, 11) is 4.01. The summed E-state index contributed by atoms with van der Waals surface area (Å²) < 4.78 is 0. The molecular formula is C6H19N3. The van der Waals surface area contributed by atoms with E-state index < -0.39 is 0 Å². The van der Waals surface area contributed by atoms with Gasteiger partial charge in [0.1, 0.15) is 0 Å². The topological polar surface area (TPSA) is 55.3 Å². The molecule has 9 heavy (non-hydrogen) atoms. The van der Waals surface area contributed by atoms with Gasteiger partial charge in [-0.05, 0) is 20.6 Å². The van der Waals surface area contributed by atoms with Gasteiger partial charge < -0.3 is 16.4 Å². The quantitative estimate of drug-likeness (QED) is 0.532. The minimum Gasteiger partial charge on any atom is -0.331 e. The number of likely N-dealkylation sites (N-methyl/N-ethyl adjacent to an activating group) is 1. The molecule has 4 N–H and O–H groups in total. The van der Waals surface area contributed by atoms with Crippen molar-refractivity contribution in [3.63, 3.8) is 0 Å². The minimum atomic E-state index is 0.750. The molecule has 0 fully saturated rings. The normalized spacial score (nSPS) is 8.67. The fourth-order valence-corrected chi connectivity index (χ4v) is 0.258. The zero-order chi connectivity index (χ0) is 7.70. The van der Waals surface area contributed by atoms with Crippen LogP contribution in [0.15, 0.2) is 0 Å². The van der Waals surface area contributed by atoms with Crippen LogP contribution < -0.4 is 11.5 Å². The van der Waals surface area contributed by atoms with Gasteiger partial charge >= 0.3 is 0 Å². The van der Waals surface area contributed by atoms with E-state index in [4.69, 9.17) is 11.5 Å². The van der Waals surface area contributed by atoms with Crippen molar-refractivity contribution in [1.29, 1.82) is 0 Å². The smallest absolute Gasteiger partial charge is 0.00985 e.